The maximum absolute atomic E-state index is 4.30. The second-order valence-corrected chi connectivity index (χ2v) is 5.25. The van der Waals surface area contributed by atoms with Crippen molar-refractivity contribution in [3.8, 4) is 0 Å². The number of nitrogens with zero attached hydrogens (tertiary/aromatic N) is 1. The molecule has 4 heteroatoms. The first-order valence-corrected chi connectivity index (χ1v) is 7.22. The minimum atomic E-state index is 0.902. The lowest BCUT2D eigenvalue weighted by Gasteiger charge is -2.12. The predicted octanol–water partition coefficient (Wildman–Crippen LogP) is 4.72. The second kappa shape index (κ2) is 6.57. The van der Waals surface area contributed by atoms with Gasteiger partial charge in [0.2, 0.25) is 0 Å². The first-order valence-electron chi connectivity index (χ1n) is 6.42. The molecule has 0 radical (unpaired) electrons. The quantitative estimate of drug-likeness (QED) is 0.837. The number of halogens is 1. The number of anilines is 3. The Kier molecular flexibility index (Phi) is 4.80. The van der Waals surface area contributed by atoms with Crippen molar-refractivity contribution in [2.75, 3.05) is 17.2 Å². The highest BCUT2D eigenvalue weighted by atomic mass is 79.9. The zero-order valence-corrected chi connectivity index (χ0v) is 12.8. The molecular weight excluding hydrogens is 302 g/mol. The molecule has 0 bridgehead atoms. The van der Waals surface area contributed by atoms with E-state index in [1.165, 1.54) is 5.56 Å². The molecule has 0 atom stereocenters. The molecule has 1 aromatic carbocycles. The number of hydrogen-bond donors (Lipinski definition) is 2. The molecule has 0 aliphatic heterocycles. The third-order valence-corrected chi connectivity index (χ3v) is 3.72. The van der Waals surface area contributed by atoms with Crippen molar-refractivity contribution < 1.29 is 0 Å². The van der Waals surface area contributed by atoms with Crippen LogP contribution >= 0.6 is 15.9 Å². The van der Waals surface area contributed by atoms with Gasteiger partial charge < -0.3 is 10.6 Å². The molecule has 3 nitrogen and oxygen atoms in total. The fraction of sp³-hybridized carbons (Fsp3) is 0.267. The van der Waals surface area contributed by atoms with Crippen molar-refractivity contribution in [1.29, 1.82) is 0 Å². The van der Waals surface area contributed by atoms with Gasteiger partial charge in [0.15, 0.2) is 0 Å². The Balaban J connectivity index is 2.16. The summed E-state index contributed by atoms with van der Waals surface area (Å²) in [7, 11) is 0. The van der Waals surface area contributed by atoms with Gasteiger partial charge in [-0.3, -0.25) is 0 Å². The van der Waals surface area contributed by atoms with Crippen LogP contribution < -0.4 is 10.6 Å². The SMILES string of the molecule is CCCNc1cc(Nc2cccc(Br)c2C)ccn1. The lowest BCUT2D eigenvalue weighted by atomic mass is 10.2. The van der Waals surface area contributed by atoms with Crippen molar-refractivity contribution in [3.63, 3.8) is 0 Å². The lowest BCUT2D eigenvalue weighted by molar-refractivity contribution is 0.969. The molecule has 0 unspecified atom stereocenters. The summed E-state index contributed by atoms with van der Waals surface area (Å²) >= 11 is 3.54. The van der Waals surface area contributed by atoms with Crippen molar-refractivity contribution >= 4 is 33.1 Å². The molecule has 0 saturated carbocycles. The van der Waals surface area contributed by atoms with E-state index in [1.807, 2.05) is 30.5 Å². The zero-order chi connectivity index (χ0) is 13.7. The molecule has 1 heterocycles. The molecule has 0 fully saturated rings. The summed E-state index contributed by atoms with van der Waals surface area (Å²) in [5.41, 5.74) is 3.33. The molecule has 19 heavy (non-hydrogen) atoms. The Morgan fingerprint density at radius 3 is 2.89 bits per heavy atom. The van der Waals surface area contributed by atoms with E-state index in [4.69, 9.17) is 0 Å². The standard InChI is InChI=1S/C15H18BrN3/c1-3-8-17-15-10-12(7-9-18-15)19-14-6-4-5-13(16)11(14)2/h4-7,9-10H,3,8H2,1-2H3,(H2,17,18,19). The number of benzene rings is 1. The van der Waals surface area contributed by atoms with E-state index in [2.05, 4.69) is 51.5 Å². The summed E-state index contributed by atoms with van der Waals surface area (Å²) in [5.74, 6) is 0.902. The van der Waals surface area contributed by atoms with Gasteiger partial charge in [0, 0.05) is 34.7 Å². The molecule has 2 N–H and O–H groups in total. The van der Waals surface area contributed by atoms with Gasteiger partial charge in [-0.2, -0.15) is 0 Å². The summed E-state index contributed by atoms with van der Waals surface area (Å²) in [6.07, 6.45) is 2.90. The Labute approximate surface area is 122 Å². The molecule has 100 valence electrons. The number of nitrogens with one attached hydrogen (secondary N) is 2. The molecule has 0 spiro atoms. The molecule has 2 aromatic rings. The van der Waals surface area contributed by atoms with E-state index in [9.17, 15) is 0 Å². The van der Waals surface area contributed by atoms with Gasteiger partial charge in [0.25, 0.3) is 0 Å². The topological polar surface area (TPSA) is 37.0 Å². The summed E-state index contributed by atoms with van der Waals surface area (Å²) in [5, 5.41) is 6.71. The van der Waals surface area contributed by atoms with Crippen molar-refractivity contribution in [2.45, 2.75) is 20.3 Å². The zero-order valence-electron chi connectivity index (χ0n) is 11.2. The third-order valence-electron chi connectivity index (χ3n) is 2.86. The van der Waals surface area contributed by atoms with Crippen LogP contribution in [0.2, 0.25) is 0 Å². The highest BCUT2D eigenvalue weighted by molar-refractivity contribution is 9.10. The molecular formula is C15H18BrN3. The van der Waals surface area contributed by atoms with E-state index >= 15 is 0 Å². The van der Waals surface area contributed by atoms with E-state index in [0.717, 1.165) is 34.6 Å². The van der Waals surface area contributed by atoms with Crippen molar-refractivity contribution in [2.24, 2.45) is 0 Å². The Morgan fingerprint density at radius 2 is 2.11 bits per heavy atom. The maximum atomic E-state index is 4.30. The molecule has 0 aliphatic rings. The molecule has 2 rings (SSSR count). The van der Waals surface area contributed by atoms with Gasteiger partial charge in [-0.1, -0.05) is 28.9 Å². The summed E-state index contributed by atoms with van der Waals surface area (Å²) in [6.45, 7) is 5.16. The average Bonchev–Trinajstić information content (AvgIpc) is 2.42. The van der Waals surface area contributed by atoms with Crippen LogP contribution in [-0.4, -0.2) is 11.5 Å². The van der Waals surface area contributed by atoms with E-state index in [1.54, 1.807) is 0 Å². The van der Waals surface area contributed by atoms with Gasteiger partial charge in [-0.25, -0.2) is 4.98 Å². The number of aromatic nitrogens is 1. The lowest BCUT2D eigenvalue weighted by Crippen LogP contribution is -2.02. The smallest absolute Gasteiger partial charge is 0.127 e. The first-order chi connectivity index (χ1) is 9.20. The van der Waals surface area contributed by atoms with Gasteiger partial charge >= 0.3 is 0 Å². The Bertz CT molecular complexity index is 555. The van der Waals surface area contributed by atoms with Gasteiger partial charge in [0.1, 0.15) is 5.82 Å². The summed E-state index contributed by atoms with van der Waals surface area (Å²) in [4.78, 5) is 4.30. The Hall–Kier alpha value is -1.55. The number of pyridine rings is 1. The average molecular weight is 320 g/mol. The van der Waals surface area contributed by atoms with Gasteiger partial charge in [0.05, 0.1) is 0 Å². The van der Waals surface area contributed by atoms with Crippen LogP contribution in [0.4, 0.5) is 17.2 Å². The van der Waals surface area contributed by atoms with Gasteiger partial charge in [-0.05, 0) is 37.1 Å². The largest absolute Gasteiger partial charge is 0.370 e. The predicted molar refractivity (Wildman–Crippen MR) is 85.2 cm³/mol. The van der Waals surface area contributed by atoms with E-state index < -0.39 is 0 Å². The molecule has 0 amide bonds. The fourth-order valence-corrected chi connectivity index (χ4v) is 2.12. The van der Waals surface area contributed by atoms with Crippen LogP contribution in [0.1, 0.15) is 18.9 Å². The molecule has 0 saturated heterocycles. The highest BCUT2D eigenvalue weighted by Gasteiger charge is 2.03. The monoisotopic (exact) mass is 319 g/mol. The van der Waals surface area contributed by atoms with E-state index in [0.29, 0.717) is 0 Å². The number of hydrogen-bond acceptors (Lipinski definition) is 3. The van der Waals surface area contributed by atoms with Crippen LogP contribution in [0, 0.1) is 6.92 Å². The fourth-order valence-electron chi connectivity index (χ4n) is 1.76. The molecule has 0 aliphatic carbocycles. The number of rotatable bonds is 5. The van der Waals surface area contributed by atoms with Crippen LogP contribution in [0.25, 0.3) is 0 Å². The minimum absolute atomic E-state index is 0.902. The minimum Gasteiger partial charge on any atom is -0.370 e. The van der Waals surface area contributed by atoms with Crippen LogP contribution in [0.15, 0.2) is 41.0 Å². The first kappa shape index (κ1) is 13.9. The van der Waals surface area contributed by atoms with Gasteiger partial charge in [-0.15, -0.1) is 0 Å². The second-order valence-electron chi connectivity index (χ2n) is 4.39. The van der Waals surface area contributed by atoms with Crippen molar-refractivity contribution in [1.82, 2.24) is 4.98 Å². The van der Waals surface area contributed by atoms with Crippen molar-refractivity contribution in [3.05, 3.63) is 46.6 Å². The van der Waals surface area contributed by atoms with Crippen LogP contribution in [0.5, 0.6) is 0 Å². The normalized spacial score (nSPS) is 10.3. The van der Waals surface area contributed by atoms with Crippen LogP contribution in [0.3, 0.4) is 0 Å². The maximum Gasteiger partial charge on any atom is 0.127 e. The third kappa shape index (κ3) is 3.70. The summed E-state index contributed by atoms with van der Waals surface area (Å²) in [6, 6.07) is 10.1. The summed E-state index contributed by atoms with van der Waals surface area (Å²) < 4.78 is 1.11. The molecule has 1 aromatic heterocycles. The van der Waals surface area contributed by atoms with E-state index in [-0.39, 0.29) is 0 Å². The highest BCUT2D eigenvalue weighted by Crippen LogP contribution is 2.26. The Morgan fingerprint density at radius 1 is 1.26 bits per heavy atom. The van der Waals surface area contributed by atoms with Crippen LogP contribution in [-0.2, 0) is 0 Å².